The number of anilines is 2. The van der Waals surface area contributed by atoms with E-state index in [2.05, 4.69) is 4.98 Å². The molecule has 0 atom stereocenters. The average molecular weight is 284 g/mol. The highest BCUT2D eigenvalue weighted by atomic mass is 16.4. The fraction of sp³-hybridized carbons (Fsp3) is 0.294. The predicted octanol–water partition coefficient (Wildman–Crippen LogP) is 3.86. The fourth-order valence-electron chi connectivity index (χ4n) is 2.58. The first-order chi connectivity index (χ1) is 9.95. The van der Waals surface area contributed by atoms with Gasteiger partial charge >= 0.3 is 5.97 Å². The first-order valence-electron chi connectivity index (χ1n) is 7.00. The van der Waals surface area contributed by atoms with E-state index >= 15 is 0 Å². The molecule has 0 aliphatic heterocycles. The number of benzene rings is 1. The molecular formula is C17H20N2O2. The summed E-state index contributed by atoms with van der Waals surface area (Å²) in [5.41, 5.74) is 3.90. The molecule has 0 saturated heterocycles. The first kappa shape index (κ1) is 15.0. The zero-order valence-electron chi connectivity index (χ0n) is 12.8. The van der Waals surface area contributed by atoms with Crippen LogP contribution in [0.1, 0.15) is 34.1 Å². The first-order valence-corrected chi connectivity index (χ1v) is 7.00. The Kier molecular flexibility index (Phi) is 4.26. The Morgan fingerprint density at radius 3 is 2.43 bits per heavy atom. The molecule has 0 unspecified atom stereocenters. The quantitative estimate of drug-likeness (QED) is 0.926. The van der Waals surface area contributed by atoms with Gasteiger partial charge in [-0.3, -0.25) is 0 Å². The maximum atomic E-state index is 11.6. The molecule has 2 rings (SSSR count). The fourth-order valence-corrected chi connectivity index (χ4v) is 2.58. The molecule has 2 aromatic rings. The van der Waals surface area contributed by atoms with Crippen LogP contribution in [0, 0.1) is 20.8 Å². The summed E-state index contributed by atoms with van der Waals surface area (Å²) in [6.45, 7) is 8.36. The number of aromatic carboxylic acids is 1. The van der Waals surface area contributed by atoms with E-state index < -0.39 is 5.97 Å². The second kappa shape index (κ2) is 5.95. The summed E-state index contributed by atoms with van der Waals surface area (Å²) in [5.74, 6) is -0.432. The third kappa shape index (κ3) is 2.89. The Hall–Kier alpha value is -2.36. The lowest BCUT2D eigenvalue weighted by molar-refractivity contribution is 0.0696. The van der Waals surface area contributed by atoms with Crippen molar-refractivity contribution in [2.45, 2.75) is 27.7 Å². The number of para-hydroxylation sites is 1. The van der Waals surface area contributed by atoms with Gasteiger partial charge in [-0.05, 0) is 51.0 Å². The van der Waals surface area contributed by atoms with Crippen LogP contribution in [-0.2, 0) is 0 Å². The van der Waals surface area contributed by atoms with Crippen molar-refractivity contribution >= 4 is 17.5 Å². The highest BCUT2D eigenvalue weighted by Crippen LogP contribution is 2.31. The second-order valence-corrected chi connectivity index (χ2v) is 5.12. The number of nitrogens with zero attached hydrogens (tertiary/aromatic N) is 2. The van der Waals surface area contributed by atoms with Gasteiger partial charge in [0.25, 0.3) is 0 Å². The number of aromatic nitrogens is 1. The van der Waals surface area contributed by atoms with Crippen LogP contribution in [0.3, 0.4) is 0 Å². The van der Waals surface area contributed by atoms with Crippen molar-refractivity contribution in [3.63, 3.8) is 0 Å². The van der Waals surface area contributed by atoms with Gasteiger partial charge < -0.3 is 10.0 Å². The molecule has 0 fully saturated rings. The molecule has 0 aliphatic carbocycles. The van der Waals surface area contributed by atoms with Crippen LogP contribution in [0.15, 0.2) is 30.3 Å². The number of hydrogen-bond acceptors (Lipinski definition) is 3. The van der Waals surface area contributed by atoms with Crippen LogP contribution in [0.5, 0.6) is 0 Å². The van der Waals surface area contributed by atoms with Gasteiger partial charge in [0.1, 0.15) is 11.4 Å². The van der Waals surface area contributed by atoms with E-state index in [0.717, 1.165) is 22.5 Å². The molecule has 0 amide bonds. The standard InChI is InChI=1S/C17H20N2O2/c1-5-19(14-9-7-6-8-11(14)2)16-15(17(20)21)12(3)10-13(4)18-16/h6-10H,5H2,1-4H3,(H,20,21). The number of pyridine rings is 1. The van der Waals surface area contributed by atoms with Gasteiger partial charge in [0, 0.05) is 17.9 Å². The van der Waals surface area contributed by atoms with Crippen LogP contribution < -0.4 is 4.90 Å². The lowest BCUT2D eigenvalue weighted by Gasteiger charge is -2.26. The van der Waals surface area contributed by atoms with Crippen molar-refractivity contribution < 1.29 is 9.90 Å². The van der Waals surface area contributed by atoms with Crippen molar-refractivity contribution in [1.82, 2.24) is 4.98 Å². The molecule has 4 heteroatoms. The maximum absolute atomic E-state index is 11.6. The Balaban J connectivity index is 2.68. The normalized spacial score (nSPS) is 10.5. The Labute approximate surface area is 125 Å². The smallest absolute Gasteiger partial charge is 0.339 e. The number of aryl methyl sites for hydroxylation is 3. The zero-order valence-corrected chi connectivity index (χ0v) is 12.8. The highest BCUT2D eigenvalue weighted by Gasteiger charge is 2.21. The lowest BCUT2D eigenvalue weighted by atomic mass is 10.1. The largest absolute Gasteiger partial charge is 0.478 e. The van der Waals surface area contributed by atoms with E-state index in [-0.39, 0.29) is 5.56 Å². The van der Waals surface area contributed by atoms with E-state index in [4.69, 9.17) is 0 Å². The van der Waals surface area contributed by atoms with E-state index in [9.17, 15) is 9.90 Å². The van der Waals surface area contributed by atoms with Gasteiger partial charge in [0.05, 0.1) is 0 Å². The van der Waals surface area contributed by atoms with Gasteiger partial charge in [-0.25, -0.2) is 9.78 Å². The molecule has 0 radical (unpaired) electrons. The predicted molar refractivity (Wildman–Crippen MR) is 84.5 cm³/mol. The van der Waals surface area contributed by atoms with Crippen LogP contribution in [0.4, 0.5) is 11.5 Å². The third-order valence-corrected chi connectivity index (χ3v) is 3.52. The van der Waals surface area contributed by atoms with Gasteiger partial charge in [-0.15, -0.1) is 0 Å². The summed E-state index contributed by atoms with van der Waals surface area (Å²) in [7, 11) is 0. The Morgan fingerprint density at radius 1 is 1.19 bits per heavy atom. The number of hydrogen-bond donors (Lipinski definition) is 1. The molecule has 110 valence electrons. The molecule has 0 aliphatic rings. The highest BCUT2D eigenvalue weighted by molar-refractivity contribution is 5.96. The SMILES string of the molecule is CCN(c1ccccc1C)c1nc(C)cc(C)c1C(=O)O. The van der Waals surface area contributed by atoms with Crippen molar-refractivity contribution in [2.75, 3.05) is 11.4 Å². The second-order valence-electron chi connectivity index (χ2n) is 5.12. The molecule has 1 N–H and O–H groups in total. The molecule has 4 nitrogen and oxygen atoms in total. The Morgan fingerprint density at radius 2 is 1.86 bits per heavy atom. The van der Waals surface area contributed by atoms with Gasteiger partial charge in [0.15, 0.2) is 0 Å². The number of carboxylic acids is 1. The van der Waals surface area contributed by atoms with Crippen molar-refractivity contribution in [2.24, 2.45) is 0 Å². The number of carboxylic acid groups (broad SMARTS) is 1. The average Bonchev–Trinajstić information content (AvgIpc) is 2.40. The van der Waals surface area contributed by atoms with Crippen LogP contribution >= 0.6 is 0 Å². The molecule has 0 bridgehead atoms. The summed E-state index contributed by atoms with van der Waals surface area (Å²) in [6, 6.07) is 9.73. The minimum absolute atomic E-state index is 0.269. The molecule has 0 spiro atoms. The number of carbonyl (C=O) groups is 1. The summed E-state index contributed by atoms with van der Waals surface area (Å²) in [4.78, 5) is 18.1. The van der Waals surface area contributed by atoms with Crippen LogP contribution in [-0.4, -0.2) is 22.6 Å². The van der Waals surface area contributed by atoms with Gasteiger partial charge in [-0.2, -0.15) is 0 Å². The summed E-state index contributed by atoms with van der Waals surface area (Å²) >= 11 is 0. The molecule has 0 saturated carbocycles. The monoisotopic (exact) mass is 284 g/mol. The lowest BCUT2D eigenvalue weighted by Crippen LogP contribution is -2.22. The Bertz CT molecular complexity index is 680. The zero-order chi connectivity index (χ0) is 15.6. The minimum Gasteiger partial charge on any atom is -0.478 e. The minimum atomic E-state index is -0.943. The van der Waals surface area contributed by atoms with E-state index in [1.54, 1.807) is 6.07 Å². The maximum Gasteiger partial charge on any atom is 0.339 e. The molecule has 1 aromatic heterocycles. The summed E-state index contributed by atoms with van der Waals surface area (Å²) in [5, 5.41) is 9.53. The van der Waals surface area contributed by atoms with Crippen LogP contribution in [0.25, 0.3) is 0 Å². The molecule has 21 heavy (non-hydrogen) atoms. The number of rotatable bonds is 4. The van der Waals surface area contributed by atoms with E-state index in [1.807, 2.05) is 56.9 Å². The van der Waals surface area contributed by atoms with Crippen LogP contribution in [0.2, 0.25) is 0 Å². The van der Waals surface area contributed by atoms with Gasteiger partial charge in [-0.1, -0.05) is 18.2 Å². The third-order valence-electron chi connectivity index (χ3n) is 3.52. The summed E-state index contributed by atoms with van der Waals surface area (Å²) < 4.78 is 0. The molecular weight excluding hydrogens is 264 g/mol. The van der Waals surface area contributed by atoms with Crippen molar-refractivity contribution in [3.05, 3.63) is 52.7 Å². The summed E-state index contributed by atoms with van der Waals surface area (Å²) in [6.07, 6.45) is 0. The topological polar surface area (TPSA) is 53.4 Å². The molecule has 1 aromatic carbocycles. The van der Waals surface area contributed by atoms with Crippen molar-refractivity contribution in [1.29, 1.82) is 0 Å². The van der Waals surface area contributed by atoms with E-state index in [0.29, 0.717) is 12.4 Å². The van der Waals surface area contributed by atoms with E-state index in [1.165, 1.54) is 0 Å². The van der Waals surface area contributed by atoms with Crippen molar-refractivity contribution in [3.8, 4) is 0 Å². The van der Waals surface area contributed by atoms with Gasteiger partial charge in [0.2, 0.25) is 0 Å². The molecule has 1 heterocycles.